The number of carbonyl (C=O) groups is 1. The summed E-state index contributed by atoms with van der Waals surface area (Å²) in [6.07, 6.45) is -1.86. The molecule has 0 bridgehead atoms. The molecule has 0 amide bonds. The van der Waals surface area contributed by atoms with Gasteiger partial charge in [0.25, 0.3) is 0 Å². The Labute approximate surface area is 124 Å². The topological polar surface area (TPSA) is 98.0 Å². The number of carboxylic acids is 1. The van der Waals surface area contributed by atoms with Gasteiger partial charge in [0.15, 0.2) is 5.60 Å². The van der Waals surface area contributed by atoms with Crippen LogP contribution in [0.5, 0.6) is 0 Å². The number of hydrogen-bond donors (Lipinski definition) is 4. The molecule has 0 spiro atoms. The fourth-order valence-corrected chi connectivity index (χ4v) is 3.41. The first-order valence-corrected chi connectivity index (χ1v) is 7.31. The summed E-state index contributed by atoms with van der Waals surface area (Å²) in [7, 11) is 0. The molecule has 1 aliphatic rings. The number of fused-ring (bicyclic) bond motifs is 1. The number of carboxylic acid groups (broad SMARTS) is 1. The third-order valence-electron chi connectivity index (χ3n) is 3.76. The fourth-order valence-electron chi connectivity index (χ4n) is 2.58. The van der Waals surface area contributed by atoms with Crippen molar-refractivity contribution in [2.45, 2.75) is 24.2 Å². The standard InChI is InChI=1S/C15H14O5S/c16-11-7-15(20,14(18)19)6-10(13(11)17)9-2-1-8-3-4-21-12(8)5-9/h1-6,11,13,16-17,20H,7H2,(H,18,19)/t11-,13-,15+/m1/s1. The van der Waals surface area contributed by atoms with Crippen molar-refractivity contribution in [2.24, 2.45) is 0 Å². The molecule has 1 aliphatic carbocycles. The summed E-state index contributed by atoms with van der Waals surface area (Å²) in [5.41, 5.74) is -1.34. The van der Waals surface area contributed by atoms with Gasteiger partial charge in [-0.2, -0.15) is 0 Å². The van der Waals surface area contributed by atoms with E-state index in [-0.39, 0.29) is 5.57 Å². The summed E-state index contributed by atoms with van der Waals surface area (Å²) in [4.78, 5) is 11.2. The predicted molar refractivity (Wildman–Crippen MR) is 79.0 cm³/mol. The predicted octanol–water partition coefficient (Wildman–Crippen LogP) is 1.23. The second-order valence-electron chi connectivity index (χ2n) is 5.22. The molecule has 2 aromatic rings. The Morgan fingerprint density at radius 2 is 2.05 bits per heavy atom. The van der Waals surface area contributed by atoms with E-state index >= 15 is 0 Å². The lowest BCUT2D eigenvalue weighted by atomic mass is 9.80. The smallest absolute Gasteiger partial charge is 0.339 e. The molecule has 3 rings (SSSR count). The molecule has 0 saturated carbocycles. The molecule has 0 radical (unpaired) electrons. The van der Waals surface area contributed by atoms with Gasteiger partial charge in [0, 0.05) is 11.1 Å². The highest BCUT2D eigenvalue weighted by Crippen LogP contribution is 2.35. The first kappa shape index (κ1) is 14.2. The minimum absolute atomic E-state index is 0.231. The molecular formula is C15H14O5S. The van der Waals surface area contributed by atoms with Gasteiger partial charge in [-0.3, -0.25) is 0 Å². The zero-order chi connectivity index (χ0) is 15.2. The van der Waals surface area contributed by atoms with Crippen molar-refractivity contribution in [2.75, 3.05) is 0 Å². The number of rotatable bonds is 2. The lowest BCUT2D eigenvalue weighted by Crippen LogP contribution is -2.47. The molecule has 5 nitrogen and oxygen atoms in total. The van der Waals surface area contributed by atoms with Crippen LogP contribution in [0.25, 0.3) is 15.7 Å². The van der Waals surface area contributed by atoms with E-state index in [4.69, 9.17) is 5.11 Å². The van der Waals surface area contributed by atoms with Crippen molar-refractivity contribution in [1.29, 1.82) is 0 Å². The van der Waals surface area contributed by atoms with Crippen LogP contribution in [0.4, 0.5) is 0 Å². The third-order valence-corrected chi connectivity index (χ3v) is 4.64. The number of hydrogen-bond acceptors (Lipinski definition) is 5. The molecular weight excluding hydrogens is 292 g/mol. The summed E-state index contributed by atoms with van der Waals surface area (Å²) in [5.74, 6) is -1.44. The third kappa shape index (κ3) is 2.36. The minimum Gasteiger partial charge on any atom is -0.479 e. The van der Waals surface area contributed by atoms with Crippen molar-refractivity contribution >= 4 is 33.0 Å². The van der Waals surface area contributed by atoms with Crippen molar-refractivity contribution in [3.8, 4) is 0 Å². The van der Waals surface area contributed by atoms with Crippen molar-refractivity contribution < 1.29 is 25.2 Å². The molecule has 1 heterocycles. The Balaban J connectivity index is 2.12. The molecule has 1 aromatic heterocycles. The van der Waals surface area contributed by atoms with E-state index in [1.165, 1.54) is 11.3 Å². The number of aliphatic hydroxyl groups is 3. The van der Waals surface area contributed by atoms with Gasteiger partial charge in [0.1, 0.15) is 6.10 Å². The van der Waals surface area contributed by atoms with Gasteiger partial charge in [-0.1, -0.05) is 12.1 Å². The lowest BCUT2D eigenvalue weighted by molar-refractivity contribution is -0.157. The van der Waals surface area contributed by atoms with E-state index in [0.29, 0.717) is 5.56 Å². The molecule has 110 valence electrons. The average Bonchev–Trinajstić information content (AvgIpc) is 2.90. The van der Waals surface area contributed by atoms with Gasteiger partial charge in [0.05, 0.1) is 6.10 Å². The molecule has 6 heteroatoms. The fraction of sp³-hybridized carbons (Fsp3) is 0.267. The van der Waals surface area contributed by atoms with Crippen LogP contribution in [0.2, 0.25) is 0 Å². The Bertz CT molecular complexity index is 734. The summed E-state index contributed by atoms with van der Waals surface area (Å²) in [6.45, 7) is 0. The molecule has 0 aliphatic heterocycles. The van der Waals surface area contributed by atoms with Crippen LogP contribution >= 0.6 is 11.3 Å². The van der Waals surface area contributed by atoms with Crippen LogP contribution in [0.15, 0.2) is 35.7 Å². The maximum atomic E-state index is 11.2. The van der Waals surface area contributed by atoms with Gasteiger partial charge >= 0.3 is 5.97 Å². The zero-order valence-corrected chi connectivity index (χ0v) is 11.7. The van der Waals surface area contributed by atoms with E-state index in [1.54, 1.807) is 6.07 Å². The highest BCUT2D eigenvalue weighted by molar-refractivity contribution is 7.17. The number of thiophene rings is 1. The van der Waals surface area contributed by atoms with E-state index in [1.807, 2.05) is 23.6 Å². The van der Waals surface area contributed by atoms with Crippen molar-refractivity contribution in [3.05, 3.63) is 41.3 Å². The van der Waals surface area contributed by atoms with Gasteiger partial charge < -0.3 is 20.4 Å². The van der Waals surface area contributed by atoms with Crippen LogP contribution in [0, 0.1) is 0 Å². The summed E-state index contributed by atoms with van der Waals surface area (Å²) in [5, 5.41) is 42.2. The molecule has 1 aromatic carbocycles. The second-order valence-corrected chi connectivity index (χ2v) is 6.17. The second kappa shape index (κ2) is 4.92. The van der Waals surface area contributed by atoms with Crippen LogP contribution in [0.1, 0.15) is 12.0 Å². The zero-order valence-electron chi connectivity index (χ0n) is 10.9. The molecule has 3 atom stereocenters. The number of aliphatic carboxylic acids is 1. The normalized spacial score (nSPS) is 29.4. The van der Waals surface area contributed by atoms with E-state index in [2.05, 4.69) is 0 Å². The molecule has 0 fully saturated rings. The monoisotopic (exact) mass is 306 g/mol. The Kier molecular flexibility index (Phi) is 3.33. The van der Waals surface area contributed by atoms with Gasteiger partial charge in [-0.15, -0.1) is 11.3 Å². The van der Waals surface area contributed by atoms with E-state index in [9.17, 15) is 20.1 Å². The Hall–Kier alpha value is -1.73. The van der Waals surface area contributed by atoms with Gasteiger partial charge in [0.2, 0.25) is 0 Å². The summed E-state index contributed by atoms with van der Waals surface area (Å²) in [6, 6.07) is 7.37. The SMILES string of the molecule is O=C(O)[C@]1(O)C=C(c2ccc3ccsc3c2)[C@@H](O)[C@H](O)C1. The maximum Gasteiger partial charge on any atom is 0.339 e. The lowest BCUT2D eigenvalue weighted by Gasteiger charge is -2.33. The van der Waals surface area contributed by atoms with Crippen LogP contribution < -0.4 is 0 Å². The Morgan fingerprint density at radius 3 is 2.76 bits per heavy atom. The average molecular weight is 306 g/mol. The Morgan fingerprint density at radius 1 is 1.29 bits per heavy atom. The maximum absolute atomic E-state index is 11.2. The highest BCUT2D eigenvalue weighted by atomic mass is 32.1. The highest BCUT2D eigenvalue weighted by Gasteiger charge is 2.43. The molecule has 4 N–H and O–H groups in total. The number of benzene rings is 1. The van der Waals surface area contributed by atoms with Crippen molar-refractivity contribution in [3.63, 3.8) is 0 Å². The minimum atomic E-state index is -2.17. The van der Waals surface area contributed by atoms with Crippen molar-refractivity contribution in [1.82, 2.24) is 0 Å². The van der Waals surface area contributed by atoms with E-state index in [0.717, 1.165) is 16.2 Å². The first-order valence-electron chi connectivity index (χ1n) is 6.43. The van der Waals surface area contributed by atoms with Crippen LogP contribution in [-0.2, 0) is 4.79 Å². The van der Waals surface area contributed by atoms with E-state index < -0.39 is 30.2 Å². The molecule has 21 heavy (non-hydrogen) atoms. The first-order chi connectivity index (χ1) is 9.90. The number of aliphatic hydroxyl groups excluding tert-OH is 2. The quantitative estimate of drug-likeness (QED) is 0.669. The summed E-state index contributed by atoms with van der Waals surface area (Å²) >= 11 is 1.52. The molecule has 0 unspecified atom stereocenters. The van der Waals surface area contributed by atoms with Crippen LogP contribution in [0.3, 0.4) is 0 Å². The summed E-state index contributed by atoms with van der Waals surface area (Å²) < 4.78 is 0.986. The molecule has 0 saturated heterocycles. The van der Waals surface area contributed by atoms with Gasteiger partial charge in [-0.25, -0.2) is 4.79 Å². The largest absolute Gasteiger partial charge is 0.479 e. The van der Waals surface area contributed by atoms with Gasteiger partial charge in [-0.05, 0) is 40.1 Å². The van der Waals surface area contributed by atoms with Crippen LogP contribution in [-0.4, -0.2) is 44.2 Å².